The SMILES string of the molecule is O=c1ccc2ncc(F)c3c2n1CC3CN1CCC(NCc2cc3c(s2)CCCO3)CC1. The second-order valence-corrected chi connectivity index (χ2v) is 10.4. The molecule has 32 heavy (non-hydrogen) atoms. The van der Waals surface area contributed by atoms with Gasteiger partial charge in [0.05, 0.1) is 23.8 Å². The number of ether oxygens (including phenoxy) is 1. The van der Waals surface area contributed by atoms with Crippen LogP contribution in [-0.4, -0.2) is 46.7 Å². The average molecular weight is 455 g/mol. The van der Waals surface area contributed by atoms with Gasteiger partial charge in [0, 0.05) is 53.0 Å². The highest BCUT2D eigenvalue weighted by Gasteiger charge is 2.31. The number of nitrogens with one attached hydrogen (secondary N) is 1. The van der Waals surface area contributed by atoms with Crippen LogP contribution < -0.4 is 15.6 Å². The summed E-state index contributed by atoms with van der Waals surface area (Å²) in [5.41, 5.74) is 1.97. The molecule has 6 heterocycles. The molecule has 8 heteroatoms. The first-order valence-electron chi connectivity index (χ1n) is 11.5. The molecule has 0 saturated carbocycles. The van der Waals surface area contributed by atoms with Crippen molar-refractivity contribution < 1.29 is 9.13 Å². The molecule has 1 atom stereocenters. The number of pyridine rings is 2. The summed E-state index contributed by atoms with van der Waals surface area (Å²) in [7, 11) is 0. The Morgan fingerprint density at radius 3 is 3.00 bits per heavy atom. The van der Waals surface area contributed by atoms with Gasteiger partial charge in [-0.3, -0.25) is 9.78 Å². The number of piperidine rings is 1. The molecule has 3 aliphatic rings. The molecule has 0 bridgehead atoms. The third-order valence-electron chi connectivity index (χ3n) is 7.06. The van der Waals surface area contributed by atoms with E-state index in [9.17, 15) is 9.18 Å². The molecule has 3 aliphatic heterocycles. The van der Waals surface area contributed by atoms with E-state index < -0.39 is 0 Å². The summed E-state index contributed by atoms with van der Waals surface area (Å²) >= 11 is 1.87. The molecule has 0 aliphatic carbocycles. The number of thiophene rings is 1. The van der Waals surface area contributed by atoms with Crippen molar-refractivity contribution in [2.24, 2.45) is 0 Å². The second-order valence-electron chi connectivity index (χ2n) is 9.14. The van der Waals surface area contributed by atoms with Gasteiger partial charge >= 0.3 is 0 Å². The van der Waals surface area contributed by atoms with Crippen molar-refractivity contribution in [1.29, 1.82) is 0 Å². The smallest absolute Gasteiger partial charge is 0.251 e. The summed E-state index contributed by atoms with van der Waals surface area (Å²) in [6, 6.07) is 5.93. The van der Waals surface area contributed by atoms with Crippen molar-refractivity contribution in [2.75, 3.05) is 26.2 Å². The van der Waals surface area contributed by atoms with Gasteiger partial charge in [-0.2, -0.15) is 0 Å². The number of hydrogen-bond donors (Lipinski definition) is 1. The highest BCUT2D eigenvalue weighted by atomic mass is 32.1. The molecule has 1 fully saturated rings. The van der Waals surface area contributed by atoms with Crippen LogP contribution in [0.2, 0.25) is 0 Å². The molecule has 168 valence electrons. The lowest BCUT2D eigenvalue weighted by atomic mass is 9.98. The molecule has 1 unspecified atom stereocenters. The first-order chi connectivity index (χ1) is 15.7. The number of halogens is 1. The van der Waals surface area contributed by atoms with E-state index in [0.717, 1.165) is 64.2 Å². The number of aryl methyl sites for hydroxylation is 1. The topological polar surface area (TPSA) is 59.4 Å². The first kappa shape index (κ1) is 20.3. The number of fused-ring (bicyclic) bond motifs is 1. The molecule has 0 aromatic carbocycles. The zero-order valence-corrected chi connectivity index (χ0v) is 18.8. The molecular weight excluding hydrogens is 427 g/mol. The first-order valence-corrected chi connectivity index (χ1v) is 12.4. The number of hydrogen-bond acceptors (Lipinski definition) is 6. The highest BCUT2D eigenvalue weighted by Crippen LogP contribution is 2.35. The lowest BCUT2D eigenvalue weighted by Crippen LogP contribution is -2.43. The van der Waals surface area contributed by atoms with Crippen LogP contribution in [0.1, 0.15) is 40.5 Å². The molecule has 6 rings (SSSR count). The van der Waals surface area contributed by atoms with Gasteiger partial charge < -0.3 is 19.5 Å². The second kappa shape index (κ2) is 8.24. The molecular formula is C24H27FN4O2S. The Bertz CT molecular complexity index is 1190. The largest absolute Gasteiger partial charge is 0.492 e. The van der Waals surface area contributed by atoms with E-state index in [2.05, 4.69) is 21.3 Å². The van der Waals surface area contributed by atoms with Gasteiger partial charge in [-0.1, -0.05) is 0 Å². The zero-order chi connectivity index (χ0) is 21.7. The van der Waals surface area contributed by atoms with E-state index in [1.54, 1.807) is 10.6 Å². The Morgan fingerprint density at radius 2 is 2.16 bits per heavy atom. The van der Waals surface area contributed by atoms with Crippen LogP contribution in [0.3, 0.4) is 0 Å². The Kier molecular flexibility index (Phi) is 5.24. The minimum atomic E-state index is -0.293. The fraction of sp³-hybridized carbons (Fsp3) is 0.500. The van der Waals surface area contributed by atoms with Gasteiger partial charge in [0.25, 0.3) is 5.56 Å². The van der Waals surface area contributed by atoms with Gasteiger partial charge in [-0.05, 0) is 50.9 Å². The predicted molar refractivity (Wildman–Crippen MR) is 123 cm³/mol. The molecule has 0 radical (unpaired) electrons. The third-order valence-corrected chi connectivity index (χ3v) is 8.24. The van der Waals surface area contributed by atoms with Crippen LogP contribution >= 0.6 is 11.3 Å². The number of nitrogens with zero attached hydrogens (tertiary/aromatic N) is 3. The Labute approximate surface area is 190 Å². The summed E-state index contributed by atoms with van der Waals surface area (Å²) in [5.74, 6) is 0.790. The van der Waals surface area contributed by atoms with Crippen LogP contribution in [0.15, 0.2) is 29.2 Å². The van der Waals surface area contributed by atoms with Gasteiger partial charge in [0.1, 0.15) is 11.6 Å². The number of rotatable bonds is 5. The molecule has 6 nitrogen and oxygen atoms in total. The van der Waals surface area contributed by atoms with Crippen molar-refractivity contribution in [3.63, 3.8) is 0 Å². The quantitative estimate of drug-likeness (QED) is 0.641. The zero-order valence-electron chi connectivity index (χ0n) is 18.0. The Balaban J connectivity index is 1.06. The predicted octanol–water partition coefficient (Wildman–Crippen LogP) is 3.27. The Hall–Kier alpha value is -2.29. The molecule has 1 N–H and O–H groups in total. The molecule has 0 spiro atoms. The van der Waals surface area contributed by atoms with Gasteiger partial charge in [-0.25, -0.2) is 4.39 Å². The minimum Gasteiger partial charge on any atom is -0.492 e. The van der Waals surface area contributed by atoms with Crippen LogP contribution in [0, 0.1) is 5.82 Å². The summed E-state index contributed by atoms with van der Waals surface area (Å²) in [5, 5.41) is 3.72. The summed E-state index contributed by atoms with van der Waals surface area (Å²) in [4.78, 5) is 21.7. The molecule has 0 amide bonds. The number of likely N-dealkylation sites (tertiary alicyclic amines) is 1. The average Bonchev–Trinajstić information content (AvgIpc) is 3.40. The molecule has 1 saturated heterocycles. The third kappa shape index (κ3) is 3.64. The monoisotopic (exact) mass is 454 g/mol. The van der Waals surface area contributed by atoms with Crippen LogP contribution in [0.4, 0.5) is 4.39 Å². The lowest BCUT2D eigenvalue weighted by molar-refractivity contribution is 0.184. The normalized spacial score (nSPS) is 21.1. The lowest BCUT2D eigenvalue weighted by Gasteiger charge is -2.34. The standard InChI is InChI=1S/C24H27FN4O2S/c25-18-12-27-19-3-4-22(30)29-14-15(23(18)24(19)29)13-28-7-5-16(6-8-28)26-11-17-10-20-21(32-17)2-1-9-31-20/h3-4,10,12,15-16,26H,1-2,5-9,11,13-14H2. The maximum atomic E-state index is 14.7. The molecule has 3 aromatic rings. The summed E-state index contributed by atoms with van der Waals surface area (Å²) in [6.45, 7) is 5.02. The van der Waals surface area contributed by atoms with Crippen LogP contribution in [0.25, 0.3) is 11.0 Å². The fourth-order valence-corrected chi connectivity index (χ4v) is 6.54. The highest BCUT2D eigenvalue weighted by molar-refractivity contribution is 7.12. The van der Waals surface area contributed by atoms with E-state index >= 15 is 0 Å². The van der Waals surface area contributed by atoms with Crippen molar-refractivity contribution in [1.82, 2.24) is 19.8 Å². The summed E-state index contributed by atoms with van der Waals surface area (Å²) < 4.78 is 22.1. The molecule has 3 aromatic heterocycles. The van der Waals surface area contributed by atoms with E-state index in [0.29, 0.717) is 29.2 Å². The number of aromatic nitrogens is 2. The van der Waals surface area contributed by atoms with Gasteiger partial charge in [0.2, 0.25) is 0 Å². The van der Waals surface area contributed by atoms with E-state index in [4.69, 9.17) is 4.74 Å². The van der Waals surface area contributed by atoms with E-state index in [1.807, 2.05) is 11.3 Å². The van der Waals surface area contributed by atoms with Crippen LogP contribution in [-0.2, 0) is 19.5 Å². The van der Waals surface area contributed by atoms with Gasteiger partial charge in [-0.15, -0.1) is 11.3 Å². The van der Waals surface area contributed by atoms with Crippen LogP contribution in [0.5, 0.6) is 5.75 Å². The fourth-order valence-electron chi connectivity index (χ4n) is 5.43. The van der Waals surface area contributed by atoms with Crippen molar-refractivity contribution in [3.05, 3.63) is 55.9 Å². The van der Waals surface area contributed by atoms with Gasteiger partial charge in [0.15, 0.2) is 0 Å². The van der Waals surface area contributed by atoms with Crippen molar-refractivity contribution in [2.45, 2.75) is 50.7 Å². The summed E-state index contributed by atoms with van der Waals surface area (Å²) in [6.07, 6.45) is 5.72. The Morgan fingerprint density at radius 1 is 1.28 bits per heavy atom. The maximum absolute atomic E-state index is 14.7. The maximum Gasteiger partial charge on any atom is 0.251 e. The van der Waals surface area contributed by atoms with E-state index in [-0.39, 0.29) is 17.3 Å². The minimum absolute atomic E-state index is 0.00227. The van der Waals surface area contributed by atoms with E-state index in [1.165, 1.54) is 22.0 Å². The van der Waals surface area contributed by atoms with Crippen molar-refractivity contribution >= 4 is 22.4 Å². The van der Waals surface area contributed by atoms with Crippen molar-refractivity contribution in [3.8, 4) is 5.75 Å².